The summed E-state index contributed by atoms with van der Waals surface area (Å²) in [4.78, 5) is 5.45. The lowest BCUT2D eigenvalue weighted by atomic mass is 10.2. The van der Waals surface area contributed by atoms with Crippen molar-refractivity contribution in [3.63, 3.8) is 0 Å². The minimum atomic E-state index is -0.741. The van der Waals surface area contributed by atoms with Gasteiger partial charge in [0.15, 0.2) is 11.6 Å². The maximum Gasteiger partial charge on any atom is 0.151 e. The van der Waals surface area contributed by atoms with Crippen LogP contribution in [0.3, 0.4) is 0 Å². The Morgan fingerprint density at radius 1 is 1.29 bits per heavy atom. The molecule has 0 unspecified atom stereocenters. The van der Waals surface area contributed by atoms with E-state index in [0.717, 1.165) is 17.7 Å². The zero-order valence-corrected chi connectivity index (χ0v) is 11.3. The van der Waals surface area contributed by atoms with Gasteiger partial charge in [0.2, 0.25) is 0 Å². The lowest BCUT2D eigenvalue weighted by Gasteiger charge is -2.25. The van der Waals surface area contributed by atoms with Gasteiger partial charge in [0.25, 0.3) is 0 Å². The molecule has 0 fully saturated rings. The Hall–Kier alpha value is -2.68. The number of nitrogens with zero attached hydrogens (tertiary/aromatic N) is 3. The summed E-state index contributed by atoms with van der Waals surface area (Å²) in [6.07, 6.45) is 3.39. The second-order valence-electron chi connectivity index (χ2n) is 4.52. The predicted octanol–water partition coefficient (Wildman–Crippen LogP) is 2.86. The average molecular weight is 288 g/mol. The van der Waals surface area contributed by atoms with Crippen molar-refractivity contribution >= 4 is 11.4 Å². The molecule has 0 atom stereocenters. The highest BCUT2D eigenvalue weighted by atomic mass is 19.1. The highest BCUT2D eigenvalue weighted by Crippen LogP contribution is 2.27. The van der Waals surface area contributed by atoms with Crippen LogP contribution in [0.25, 0.3) is 0 Å². The van der Waals surface area contributed by atoms with Crippen molar-refractivity contribution in [2.75, 3.05) is 17.2 Å². The third-order valence-electron chi connectivity index (χ3n) is 2.95. The van der Waals surface area contributed by atoms with E-state index in [0.29, 0.717) is 0 Å². The summed E-state index contributed by atoms with van der Waals surface area (Å²) >= 11 is 0. The number of rotatable bonds is 5. The van der Waals surface area contributed by atoms with E-state index in [1.165, 1.54) is 4.90 Å². The lowest BCUT2D eigenvalue weighted by molar-refractivity contribution is 0.570. The fourth-order valence-electron chi connectivity index (χ4n) is 2.05. The number of pyridine rings is 1. The van der Waals surface area contributed by atoms with E-state index in [1.54, 1.807) is 24.5 Å². The molecule has 0 saturated heterocycles. The molecule has 0 saturated carbocycles. The molecule has 0 spiro atoms. The Kier molecular flexibility index (Phi) is 4.67. The summed E-state index contributed by atoms with van der Waals surface area (Å²) in [5.41, 5.74) is 6.06. The third-order valence-corrected chi connectivity index (χ3v) is 2.95. The molecule has 2 aromatic rings. The largest absolute Gasteiger partial charge is 0.399 e. The summed E-state index contributed by atoms with van der Waals surface area (Å²) in [5.74, 6) is -1.48. The molecule has 0 aliphatic carbocycles. The van der Waals surface area contributed by atoms with Crippen molar-refractivity contribution in [3.8, 4) is 6.07 Å². The molecule has 4 nitrogen and oxygen atoms in total. The fourth-order valence-corrected chi connectivity index (χ4v) is 2.05. The van der Waals surface area contributed by atoms with Crippen LogP contribution in [-0.4, -0.2) is 11.5 Å². The van der Waals surface area contributed by atoms with Crippen molar-refractivity contribution in [3.05, 3.63) is 53.9 Å². The van der Waals surface area contributed by atoms with Crippen molar-refractivity contribution in [1.82, 2.24) is 4.98 Å². The Bertz CT molecular complexity index is 629. The van der Waals surface area contributed by atoms with Gasteiger partial charge in [-0.05, 0) is 23.8 Å². The summed E-state index contributed by atoms with van der Waals surface area (Å²) in [5, 5.41) is 8.71. The topological polar surface area (TPSA) is 65.9 Å². The first-order valence-electron chi connectivity index (χ1n) is 6.37. The van der Waals surface area contributed by atoms with Crippen molar-refractivity contribution in [2.45, 2.75) is 13.0 Å². The van der Waals surface area contributed by atoms with E-state index in [9.17, 15) is 8.78 Å². The first kappa shape index (κ1) is 14.7. The second kappa shape index (κ2) is 6.66. The van der Waals surface area contributed by atoms with Crippen LogP contribution < -0.4 is 10.6 Å². The quantitative estimate of drug-likeness (QED) is 0.859. The van der Waals surface area contributed by atoms with Crippen LogP contribution in [0, 0.1) is 23.0 Å². The standard InChI is InChI=1S/C15H14F2N4/c16-13-7-12(19)8-14(17)15(13)21(6-2-4-18)10-11-3-1-5-20-9-11/h1,3,5,7-9H,2,6,10,19H2. The average Bonchev–Trinajstić information content (AvgIpc) is 2.44. The molecular formula is C15H14F2N4. The van der Waals surface area contributed by atoms with Gasteiger partial charge in [0, 0.05) is 31.2 Å². The minimum Gasteiger partial charge on any atom is -0.399 e. The lowest BCUT2D eigenvalue weighted by Crippen LogP contribution is -2.26. The smallest absolute Gasteiger partial charge is 0.151 e. The monoisotopic (exact) mass is 288 g/mol. The predicted molar refractivity (Wildman–Crippen MR) is 76.3 cm³/mol. The van der Waals surface area contributed by atoms with Gasteiger partial charge in [-0.1, -0.05) is 6.07 Å². The molecule has 2 N–H and O–H groups in total. The number of benzene rings is 1. The van der Waals surface area contributed by atoms with Crippen LogP contribution in [-0.2, 0) is 6.54 Å². The summed E-state index contributed by atoms with van der Waals surface area (Å²) in [6, 6.07) is 7.67. The molecular weight excluding hydrogens is 274 g/mol. The van der Waals surface area contributed by atoms with E-state index in [1.807, 2.05) is 6.07 Å². The van der Waals surface area contributed by atoms with Crippen LogP contribution >= 0.6 is 0 Å². The molecule has 0 amide bonds. The van der Waals surface area contributed by atoms with Gasteiger partial charge in [-0.2, -0.15) is 5.26 Å². The van der Waals surface area contributed by atoms with Gasteiger partial charge in [0.1, 0.15) is 5.69 Å². The Balaban J connectivity index is 2.34. The maximum atomic E-state index is 14.0. The van der Waals surface area contributed by atoms with Gasteiger partial charge in [-0.3, -0.25) is 4.98 Å². The van der Waals surface area contributed by atoms with Crippen LogP contribution in [0.2, 0.25) is 0 Å². The molecule has 0 aliphatic heterocycles. The Labute approximate surface area is 121 Å². The van der Waals surface area contributed by atoms with Crippen LogP contribution in [0.4, 0.5) is 20.2 Å². The van der Waals surface area contributed by atoms with Crippen molar-refractivity contribution < 1.29 is 8.78 Å². The van der Waals surface area contributed by atoms with Crippen molar-refractivity contribution in [1.29, 1.82) is 5.26 Å². The fraction of sp³-hybridized carbons (Fsp3) is 0.200. The molecule has 1 aromatic carbocycles. The number of aromatic nitrogens is 1. The van der Waals surface area contributed by atoms with Gasteiger partial charge in [0.05, 0.1) is 12.5 Å². The first-order chi connectivity index (χ1) is 10.1. The molecule has 6 heteroatoms. The van der Waals surface area contributed by atoms with Gasteiger partial charge >= 0.3 is 0 Å². The maximum absolute atomic E-state index is 14.0. The zero-order valence-electron chi connectivity index (χ0n) is 11.3. The van der Waals surface area contributed by atoms with E-state index in [4.69, 9.17) is 11.0 Å². The summed E-state index contributed by atoms with van der Waals surface area (Å²) in [7, 11) is 0. The van der Waals surface area contributed by atoms with Crippen LogP contribution in [0.1, 0.15) is 12.0 Å². The van der Waals surface area contributed by atoms with E-state index >= 15 is 0 Å². The summed E-state index contributed by atoms with van der Waals surface area (Å²) < 4.78 is 28.1. The third kappa shape index (κ3) is 3.66. The van der Waals surface area contributed by atoms with E-state index < -0.39 is 11.6 Å². The zero-order chi connectivity index (χ0) is 15.2. The number of hydrogen-bond acceptors (Lipinski definition) is 4. The molecule has 1 heterocycles. The van der Waals surface area contributed by atoms with Gasteiger partial charge in [-0.15, -0.1) is 0 Å². The molecule has 0 bridgehead atoms. The van der Waals surface area contributed by atoms with Gasteiger partial charge in [-0.25, -0.2) is 8.78 Å². The molecule has 0 aliphatic rings. The Morgan fingerprint density at radius 2 is 2.00 bits per heavy atom. The number of hydrogen-bond donors (Lipinski definition) is 1. The highest BCUT2D eigenvalue weighted by Gasteiger charge is 2.18. The number of nitrogen functional groups attached to an aromatic ring is 1. The van der Waals surface area contributed by atoms with Crippen LogP contribution in [0.15, 0.2) is 36.7 Å². The Morgan fingerprint density at radius 3 is 2.57 bits per heavy atom. The van der Waals surface area contributed by atoms with Crippen LogP contribution in [0.5, 0.6) is 0 Å². The van der Waals surface area contributed by atoms with Gasteiger partial charge < -0.3 is 10.6 Å². The van der Waals surface area contributed by atoms with E-state index in [-0.39, 0.29) is 30.9 Å². The van der Waals surface area contributed by atoms with E-state index in [2.05, 4.69) is 4.98 Å². The molecule has 1 aromatic heterocycles. The minimum absolute atomic E-state index is 0.0235. The number of nitrogens with two attached hydrogens (primary N) is 1. The second-order valence-corrected chi connectivity index (χ2v) is 4.52. The molecule has 108 valence electrons. The number of halogens is 2. The van der Waals surface area contributed by atoms with Crippen molar-refractivity contribution in [2.24, 2.45) is 0 Å². The summed E-state index contributed by atoms with van der Waals surface area (Å²) in [6.45, 7) is 0.469. The number of anilines is 2. The normalized spacial score (nSPS) is 10.1. The highest BCUT2D eigenvalue weighted by molar-refractivity contribution is 5.56. The first-order valence-corrected chi connectivity index (χ1v) is 6.37. The SMILES string of the molecule is N#CCCN(Cc1cccnc1)c1c(F)cc(N)cc1F. The molecule has 2 rings (SSSR count). The number of nitriles is 1. The molecule has 0 radical (unpaired) electrons. The molecule has 21 heavy (non-hydrogen) atoms.